The van der Waals surface area contributed by atoms with Crippen LogP contribution >= 0.6 is 11.6 Å². The zero-order chi connectivity index (χ0) is 20.9. The van der Waals surface area contributed by atoms with Crippen molar-refractivity contribution in [3.8, 4) is 0 Å². The Morgan fingerprint density at radius 2 is 1.90 bits per heavy atom. The van der Waals surface area contributed by atoms with Crippen molar-refractivity contribution in [3.05, 3.63) is 64.8 Å². The molecule has 3 aromatic rings. The maximum Gasteiger partial charge on any atom is 0.267 e. The second kappa shape index (κ2) is 9.54. The monoisotopic (exact) mass is 424 g/mol. The van der Waals surface area contributed by atoms with E-state index in [4.69, 9.17) is 11.6 Å². The zero-order valence-corrected chi connectivity index (χ0v) is 18.2. The van der Waals surface area contributed by atoms with Gasteiger partial charge in [-0.2, -0.15) is 0 Å². The molecule has 1 amide bonds. The van der Waals surface area contributed by atoms with Gasteiger partial charge in [-0.05, 0) is 43.1 Å². The lowest BCUT2D eigenvalue weighted by molar-refractivity contribution is 0.0947. The highest BCUT2D eigenvalue weighted by Gasteiger charge is 2.19. The SMILES string of the molecule is CCc1cccc(N2CCN(CCCNC(=O)c3cc4ccccc4[nH]3)CC2)c1Cl. The molecule has 30 heavy (non-hydrogen) atoms. The van der Waals surface area contributed by atoms with Crippen molar-refractivity contribution in [1.29, 1.82) is 0 Å². The number of aromatic nitrogens is 1. The number of H-pyrrole nitrogens is 1. The number of anilines is 1. The van der Waals surface area contributed by atoms with E-state index in [-0.39, 0.29) is 5.91 Å². The third-order valence-electron chi connectivity index (χ3n) is 5.86. The number of carbonyl (C=O) groups is 1. The lowest BCUT2D eigenvalue weighted by atomic mass is 10.1. The van der Waals surface area contributed by atoms with Crippen LogP contribution in [-0.2, 0) is 6.42 Å². The Bertz CT molecular complexity index is 974. The Morgan fingerprint density at radius 3 is 2.67 bits per heavy atom. The van der Waals surface area contributed by atoms with Crippen LogP contribution in [0.2, 0.25) is 5.02 Å². The number of hydrogen-bond donors (Lipinski definition) is 2. The molecule has 4 rings (SSSR count). The molecule has 1 aliphatic rings. The molecule has 0 bridgehead atoms. The summed E-state index contributed by atoms with van der Waals surface area (Å²) in [5.41, 5.74) is 3.98. The molecule has 158 valence electrons. The molecule has 2 N–H and O–H groups in total. The van der Waals surface area contributed by atoms with Gasteiger partial charge in [-0.1, -0.05) is 48.9 Å². The number of hydrogen-bond acceptors (Lipinski definition) is 3. The standard InChI is InChI=1S/C24H29ClN4O/c1-2-18-8-5-10-22(23(18)25)29-15-13-28(14-16-29)12-6-11-26-24(30)21-17-19-7-3-4-9-20(19)27-21/h3-5,7-10,17,27H,2,6,11-16H2,1H3,(H,26,30). The first-order chi connectivity index (χ1) is 14.7. The van der Waals surface area contributed by atoms with Crippen molar-refractivity contribution < 1.29 is 4.79 Å². The molecule has 0 radical (unpaired) electrons. The van der Waals surface area contributed by atoms with E-state index in [9.17, 15) is 4.79 Å². The molecule has 6 heteroatoms. The van der Waals surface area contributed by atoms with Gasteiger partial charge in [0.2, 0.25) is 0 Å². The normalized spacial score (nSPS) is 14.9. The van der Waals surface area contributed by atoms with Crippen molar-refractivity contribution in [2.24, 2.45) is 0 Å². The number of aromatic amines is 1. The number of carbonyl (C=O) groups excluding carboxylic acids is 1. The van der Waals surface area contributed by atoms with E-state index < -0.39 is 0 Å². The molecular formula is C24H29ClN4O. The van der Waals surface area contributed by atoms with Gasteiger partial charge < -0.3 is 15.2 Å². The van der Waals surface area contributed by atoms with E-state index in [2.05, 4.69) is 45.2 Å². The predicted molar refractivity (Wildman–Crippen MR) is 125 cm³/mol. The minimum absolute atomic E-state index is 0.0403. The highest BCUT2D eigenvalue weighted by Crippen LogP contribution is 2.30. The second-order valence-electron chi connectivity index (χ2n) is 7.81. The van der Waals surface area contributed by atoms with Gasteiger partial charge in [0.25, 0.3) is 5.91 Å². The Labute approximate surface area is 183 Å². The number of nitrogens with one attached hydrogen (secondary N) is 2. The molecule has 2 aromatic carbocycles. The third-order valence-corrected chi connectivity index (χ3v) is 6.30. The van der Waals surface area contributed by atoms with Crippen molar-refractivity contribution in [1.82, 2.24) is 15.2 Å². The van der Waals surface area contributed by atoms with Crippen LogP contribution in [0.5, 0.6) is 0 Å². The van der Waals surface area contributed by atoms with Gasteiger partial charge in [-0.15, -0.1) is 0 Å². The second-order valence-corrected chi connectivity index (χ2v) is 8.19. The van der Waals surface area contributed by atoms with Gasteiger partial charge in [0.05, 0.1) is 10.7 Å². The Balaban J connectivity index is 1.20. The first-order valence-corrected chi connectivity index (χ1v) is 11.1. The summed E-state index contributed by atoms with van der Waals surface area (Å²) in [4.78, 5) is 20.4. The molecule has 0 unspecified atom stereocenters. The molecule has 2 heterocycles. The Kier molecular flexibility index (Phi) is 6.60. The van der Waals surface area contributed by atoms with Crippen LogP contribution in [0.15, 0.2) is 48.5 Å². The van der Waals surface area contributed by atoms with Gasteiger partial charge in [0.1, 0.15) is 5.69 Å². The van der Waals surface area contributed by atoms with Crippen LogP contribution < -0.4 is 10.2 Å². The van der Waals surface area contributed by atoms with Crippen LogP contribution in [0.1, 0.15) is 29.4 Å². The van der Waals surface area contributed by atoms with Crippen LogP contribution in [-0.4, -0.2) is 55.1 Å². The van der Waals surface area contributed by atoms with Crippen molar-refractivity contribution in [2.75, 3.05) is 44.2 Å². The number of fused-ring (bicyclic) bond motifs is 1. The number of halogens is 1. The van der Waals surface area contributed by atoms with Gasteiger partial charge >= 0.3 is 0 Å². The average Bonchev–Trinajstić information content (AvgIpc) is 3.22. The van der Waals surface area contributed by atoms with Gasteiger partial charge in [0, 0.05) is 43.6 Å². The van der Waals surface area contributed by atoms with E-state index in [1.807, 2.05) is 30.3 Å². The number of amides is 1. The molecule has 1 aromatic heterocycles. The minimum Gasteiger partial charge on any atom is -0.368 e. The maximum atomic E-state index is 12.4. The zero-order valence-electron chi connectivity index (χ0n) is 17.5. The fourth-order valence-corrected chi connectivity index (χ4v) is 4.47. The molecule has 0 saturated carbocycles. The summed E-state index contributed by atoms with van der Waals surface area (Å²) in [7, 11) is 0. The minimum atomic E-state index is -0.0403. The summed E-state index contributed by atoms with van der Waals surface area (Å²) >= 11 is 6.59. The lowest BCUT2D eigenvalue weighted by Crippen LogP contribution is -2.47. The van der Waals surface area contributed by atoms with E-state index >= 15 is 0 Å². The number of rotatable bonds is 7. The summed E-state index contributed by atoms with van der Waals surface area (Å²) < 4.78 is 0. The van der Waals surface area contributed by atoms with Crippen LogP contribution in [0.25, 0.3) is 10.9 Å². The fourth-order valence-electron chi connectivity index (χ4n) is 4.09. The average molecular weight is 425 g/mol. The Morgan fingerprint density at radius 1 is 1.10 bits per heavy atom. The van der Waals surface area contributed by atoms with Gasteiger partial charge in [-0.25, -0.2) is 0 Å². The van der Waals surface area contributed by atoms with E-state index in [0.717, 1.165) is 67.2 Å². The number of piperazine rings is 1. The molecule has 1 saturated heterocycles. The first-order valence-electron chi connectivity index (χ1n) is 10.8. The Hall–Kier alpha value is -2.50. The first kappa shape index (κ1) is 20.8. The summed E-state index contributed by atoms with van der Waals surface area (Å²) in [5, 5.41) is 4.99. The molecule has 1 aliphatic heterocycles. The molecular weight excluding hydrogens is 396 g/mol. The van der Waals surface area contributed by atoms with Crippen molar-refractivity contribution >= 4 is 34.1 Å². The van der Waals surface area contributed by atoms with Crippen LogP contribution in [0.3, 0.4) is 0 Å². The van der Waals surface area contributed by atoms with E-state index in [1.165, 1.54) is 5.56 Å². The summed E-state index contributed by atoms with van der Waals surface area (Å²) in [6.07, 6.45) is 1.90. The summed E-state index contributed by atoms with van der Waals surface area (Å²) in [6.45, 7) is 7.80. The molecule has 0 spiro atoms. The fraction of sp³-hybridized carbons (Fsp3) is 0.375. The number of para-hydroxylation sites is 1. The predicted octanol–water partition coefficient (Wildman–Crippen LogP) is 4.33. The summed E-state index contributed by atoms with van der Waals surface area (Å²) in [5.74, 6) is -0.0403. The number of nitrogens with zero attached hydrogens (tertiary/aromatic N) is 2. The third kappa shape index (κ3) is 4.63. The maximum absolute atomic E-state index is 12.4. The molecule has 1 fully saturated rings. The lowest BCUT2D eigenvalue weighted by Gasteiger charge is -2.36. The van der Waals surface area contributed by atoms with Crippen molar-refractivity contribution in [3.63, 3.8) is 0 Å². The smallest absolute Gasteiger partial charge is 0.267 e. The number of benzene rings is 2. The molecule has 5 nitrogen and oxygen atoms in total. The van der Waals surface area contributed by atoms with Crippen molar-refractivity contribution in [2.45, 2.75) is 19.8 Å². The van der Waals surface area contributed by atoms with Crippen LogP contribution in [0.4, 0.5) is 5.69 Å². The van der Waals surface area contributed by atoms with Gasteiger partial charge in [0.15, 0.2) is 0 Å². The molecule has 0 aliphatic carbocycles. The highest BCUT2D eigenvalue weighted by molar-refractivity contribution is 6.34. The number of aryl methyl sites for hydroxylation is 1. The van der Waals surface area contributed by atoms with E-state index in [0.29, 0.717) is 12.2 Å². The highest BCUT2D eigenvalue weighted by atomic mass is 35.5. The summed E-state index contributed by atoms with van der Waals surface area (Å²) in [6, 6.07) is 16.2. The largest absolute Gasteiger partial charge is 0.368 e. The van der Waals surface area contributed by atoms with Crippen LogP contribution in [0, 0.1) is 0 Å². The topological polar surface area (TPSA) is 51.4 Å². The quantitative estimate of drug-likeness (QED) is 0.555. The van der Waals surface area contributed by atoms with Gasteiger partial charge in [-0.3, -0.25) is 9.69 Å². The van der Waals surface area contributed by atoms with E-state index in [1.54, 1.807) is 0 Å². The molecule has 0 atom stereocenters.